The van der Waals surface area contributed by atoms with Gasteiger partial charge in [0.25, 0.3) is 0 Å². The van der Waals surface area contributed by atoms with Crippen LogP contribution in [0.15, 0.2) is 0 Å². The van der Waals surface area contributed by atoms with E-state index in [1.54, 1.807) is 0 Å². The summed E-state index contributed by atoms with van der Waals surface area (Å²) in [6.07, 6.45) is 6.94. The van der Waals surface area contributed by atoms with E-state index in [9.17, 15) is 5.11 Å². The Morgan fingerprint density at radius 2 is 2.22 bits per heavy atom. The first-order chi connectivity index (χ1) is 8.62. The fraction of sp³-hybridized carbons (Fsp3) is 1.00. The van der Waals surface area contributed by atoms with E-state index in [1.165, 1.54) is 6.42 Å². The van der Waals surface area contributed by atoms with Gasteiger partial charge in [0, 0.05) is 12.1 Å². The van der Waals surface area contributed by atoms with Gasteiger partial charge in [0.2, 0.25) is 0 Å². The summed E-state index contributed by atoms with van der Waals surface area (Å²) in [5.41, 5.74) is -0.0707. The predicted octanol–water partition coefficient (Wildman–Crippen LogP) is 2.72. The second kappa shape index (κ2) is 8.13. The number of rotatable bonds is 9. The predicted molar refractivity (Wildman–Crippen MR) is 75.8 cm³/mol. The number of nitrogens with one attached hydrogen (secondary N) is 1. The van der Waals surface area contributed by atoms with Crippen molar-refractivity contribution in [1.82, 2.24) is 5.32 Å². The Hall–Kier alpha value is -0.120. The summed E-state index contributed by atoms with van der Waals surface area (Å²) in [7, 11) is 0. The molecule has 108 valence electrons. The molecule has 1 rings (SSSR count). The Balaban J connectivity index is 2.22. The lowest BCUT2D eigenvalue weighted by atomic mass is 9.98. The van der Waals surface area contributed by atoms with Crippen LogP contribution in [0.1, 0.15) is 59.3 Å². The van der Waals surface area contributed by atoms with Gasteiger partial charge < -0.3 is 15.2 Å². The second-order valence-corrected chi connectivity index (χ2v) is 6.14. The molecule has 1 aliphatic rings. The highest BCUT2D eigenvalue weighted by Crippen LogP contribution is 2.31. The van der Waals surface area contributed by atoms with Crippen molar-refractivity contribution in [2.75, 3.05) is 19.8 Å². The average molecular weight is 257 g/mol. The largest absolute Gasteiger partial charge is 0.394 e. The van der Waals surface area contributed by atoms with Gasteiger partial charge in [0.15, 0.2) is 0 Å². The maximum Gasteiger partial charge on any atom is 0.0614 e. The molecule has 1 saturated carbocycles. The molecular formula is C15H31NO2. The zero-order valence-electron chi connectivity index (χ0n) is 12.4. The molecule has 0 bridgehead atoms. The van der Waals surface area contributed by atoms with E-state index in [-0.39, 0.29) is 12.1 Å². The summed E-state index contributed by atoms with van der Waals surface area (Å²) in [5.74, 6) is 0.764. The van der Waals surface area contributed by atoms with Crippen molar-refractivity contribution in [3.8, 4) is 0 Å². The SMILES string of the molecule is CCCNC1(CO)CCC(OCCCC(C)C)C1. The molecule has 3 heteroatoms. The summed E-state index contributed by atoms with van der Waals surface area (Å²) in [6.45, 7) is 8.76. The van der Waals surface area contributed by atoms with Crippen LogP contribution in [-0.2, 0) is 4.74 Å². The maximum absolute atomic E-state index is 9.59. The highest BCUT2D eigenvalue weighted by atomic mass is 16.5. The summed E-state index contributed by atoms with van der Waals surface area (Å²) >= 11 is 0. The van der Waals surface area contributed by atoms with Crippen molar-refractivity contribution < 1.29 is 9.84 Å². The lowest BCUT2D eigenvalue weighted by Gasteiger charge is -2.28. The molecular weight excluding hydrogens is 226 g/mol. The first kappa shape index (κ1) is 15.9. The molecule has 0 aromatic heterocycles. The van der Waals surface area contributed by atoms with Crippen LogP contribution in [0, 0.1) is 5.92 Å². The van der Waals surface area contributed by atoms with E-state index in [4.69, 9.17) is 4.74 Å². The molecule has 1 aliphatic carbocycles. The summed E-state index contributed by atoms with van der Waals surface area (Å²) in [4.78, 5) is 0. The van der Waals surface area contributed by atoms with Crippen LogP contribution < -0.4 is 5.32 Å². The van der Waals surface area contributed by atoms with Crippen molar-refractivity contribution in [1.29, 1.82) is 0 Å². The van der Waals surface area contributed by atoms with Crippen LogP contribution in [0.5, 0.6) is 0 Å². The van der Waals surface area contributed by atoms with Gasteiger partial charge in [-0.05, 0) is 51.0 Å². The van der Waals surface area contributed by atoms with Crippen molar-refractivity contribution in [2.45, 2.75) is 70.9 Å². The van der Waals surface area contributed by atoms with Crippen LogP contribution in [0.25, 0.3) is 0 Å². The average Bonchev–Trinajstić information content (AvgIpc) is 2.76. The van der Waals surface area contributed by atoms with Gasteiger partial charge in [-0.1, -0.05) is 20.8 Å². The molecule has 0 heterocycles. The fourth-order valence-electron chi connectivity index (χ4n) is 2.71. The Kier molecular flexibility index (Phi) is 7.20. The molecule has 0 saturated heterocycles. The third-order valence-corrected chi connectivity index (χ3v) is 3.90. The van der Waals surface area contributed by atoms with Crippen molar-refractivity contribution >= 4 is 0 Å². The number of hydrogen-bond acceptors (Lipinski definition) is 3. The molecule has 1 fully saturated rings. The molecule has 3 nitrogen and oxygen atoms in total. The molecule has 18 heavy (non-hydrogen) atoms. The fourth-order valence-corrected chi connectivity index (χ4v) is 2.71. The standard InChI is InChI=1S/C15H31NO2/c1-4-9-16-15(12-17)8-7-14(11-15)18-10-5-6-13(2)3/h13-14,16-17H,4-12H2,1-3H3. The summed E-state index contributed by atoms with van der Waals surface area (Å²) in [5, 5.41) is 13.1. The molecule has 2 atom stereocenters. The van der Waals surface area contributed by atoms with Crippen molar-refractivity contribution in [3.05, 3.63) is 0 Å². The van der Waals surface area contributed by atoms with Crippen molar-refractivity contribution in [2.24, 2.45) is 5.92 Å². The second-order valence-electron chi connectivity index (χ2n) is 6.14. The monoisotopic (exact) mass is 257 g/mol. The van der Waals surface area contributed by atoms with Crippen LogP contribution in [-0.4, -0.2) is 36.5 Å². The molecule has 0 aromatic carbocycles. The summed E-state index contributed by atoms with van der Waals surface area (Å²) in [6, 6.07) is 0. The van der Waals surface area contributed by atoms with Crippen LogP contribution >= 0.6 is 0 Å². The Bertz CT molecular complexity index is 221. The number of aliphatic hydroxyl groups is 1. The smallest absolute Gasteiger partial charge is 0.0614 e. The van der Waals surface area contributed by atoms with E-state index in [0.717, 1.165) is 51.2 Å². The molecule has 0 radical (unpaired) electrons. The normalized spacial score (nSPS) is 28.2. The van der Waals surface area contributed by atoms with Gasteiger partial charge in [-0.15, -0.1) is 0 Å². The van der Waals surface area contributed by atoms with Gasteiger partial charge in [0.05, 0.1) is 12.7 Å². The highest BCUT2D eigenvalue weighted by Gasteiger charge is 2.38. The highest BCUT2D eigenvalue weighted by molar-refractivity contribution is 4.96. The van der Waals surface area contributed by atoms with Crippen LogP contribution in [0.2, 0.25) is 0 Å². The minimum atomic E-state index is -0.0707. The molecule has 0 aromatic rings. The summed E-state index contributed by atoms with van der Waals surface area (Å²) < 4.78 is 5.94. The third-order valence-electron chi connectivity index (χ3n) is 3.90. The Morgan fingerprint density at radius 3 is 2.83 bits per heavy atom. The van der Waals surface area contributed by atoms with Crippen LogP contribution in [0.3, 0.4) is 0 Å². The quantitative estimate of drug-likeness (QED) is 0.624. The van der Waals surface area contributed by atoms with E-state index in [0.29, 0.717) is 6.10 Å². The van der Waals surface area contributed by atoms with Gasteiger partial charge in [-0.25, -0.2) is 0 Å². The van der Waals surface area contributed by atoms with E-state index < -0.39 is 0 Å². The minimum Gasteiger partial charge on any atom is -0.394 e. The van der Waals surface area contributed by atoms with Gasteiger partial charge >= 0.3 is 0 Å². The molecule has 2 unspecified atom stereocenters. The molecule has 0 spiro atoms. The zero-order valence-corrected chi connectivity index (χ0v) is 12.4. The van der Waals surface area contributed by atoms with E-state index in [2.05, 4.69) is 26.1 Å². The number of aliphatic hydroxyl groups excluding tert-OH is 1. The number of ether oxygens (including phenoxy) is 1. The minimum absolute atomic E-state index is 0.0707. The van der Waals surface area contributed by atoms with Gasteiger partial charge in [-0.3, -0.25) is 0 Å². The van der Waals surface area contributed by atoms with E-state index >= 15 is 0 Å². The molecule has 0 amide bonds. The van der Waals surface area contributed by atoms with Crippen molar-refractivity contribution in [3.63, 3.8) is 0 Å². The maximum atomic E-state index is 9.59. The first-order valence-corrected chi connectivity index (χ1v) is 7.59. The lowest BCUT2D eigenvalue weighted by Crippen LogP contribution is -2.47. The van der Waals surface area contributed by atoms with Crippen LogP contribution in [0.4, 0.5) is 0 Å². The lowest BCUT2D eigenvalue weighted by molar-refractivity contribution is 0.0434. The zero-order chi connectivity index (χ0) is 13.4. The van der Waals surface area contributed by atoms with E-state index in [1.807, 2.05) is 0 Å². The topological polar surface area (TPSA) is 41.5 Å². The third kappa shape index (κ3) is 5.25. The number of hydrogen-bond donors (Lipinski definition) is 2. The Labute approximate surface area is 112 Å². The first-order valence-electron chi connectivity index (χ1n) is 7.59. The molecule has 0 aliphatic heterocycles. The Morgan fingerprint density at radius 1 is 1.44 bits per heavy atom. The van der Waals surface area contributed by atoms with Gasteiger partial charge in [-0.2, -0.15) is 0 Å². The molecule has 2 N–H and O–H groups in total. The van der Waals surface area contributed by atoms with Gasteiger partial charge in [0.1, 0.15) is 0 Å².